The predicted molar refractivity (Wildman–Crippen MR) is 67.6 cm³/mol. The van der Waals surface area contributed by atoms with Gasteiger partial charge in [0.05, 0.1) is 16.6 Å². The van der Waals surface area contributed by atoms with Crippen LogP contribution in [0.1, 0.15) is 37.0 Å². The Kier molecular flexibility index (Phi) is 5.02. The van der Waals surface area contributed by atoms with Crippen molar-refractivity contribution in [2.75, 3.05) is 0 Å². The highest BCUT2D eigenvalue weighted by atomic mass is 32.2. The minimum Gasteiger partial charge on any atom is -0.459 e. The first kappa shape index (κ1) is 15.6. The smallest absolute Gasteiger partial charge is 0.341 e. The van der Waals surface area contributed by atoms with Gasteiger partial charge in [0.1, 0.15) is 5.82 Å². The number of carbonyl (C=O) groups excluding carboxylic acids is 1. The molecule has 0 aromatic heterocycles. The second kappa shape index (κ2) is 6.12. The first-order chi connectivity index (χ1) is 8.75. The fourth-order valence-electron chi connectivity index (χ4n) is 1.55. The molecule has 0 radical (unpaired) electrons. The Balaban J connectivity index is 3.03. The van der Waals surface area contributed by atoms with Crippen LogP contribution in [0, 0.1) is 5.82 Å². The molecule has 0 aliphatic rings. The first-order valence-corrected chi connectivity index (χ1v) is 7.33. The third-order valence-electron chi connectivity index (χ3n) is 2.49. The molecule has 0 spiro atoms. The number of carbonyl (C=O) groups is 1. The van der Waals surface area contributed by atoms with E-state index in [9.17, 15) is 17.6 Å². The molecule has 1 atom stereocenters. The molecule has 1 aromatic carbocycles. The van der Waals surface area contributed by atoms with Crippen LogP contribution in [0.2, 0.25) is 0 Å². The van der Waals surface area contributed by atoms with Crippen LogP contribution in [-0.4, -0.2) is 20.5 Å². The van der Waals surface area contributed by atoms with E-state index < -0.39 is 27.4 Å². The molecule has 2 N–H and O–H groups in total. The number of esters is 1. The van der Waals surface area contributed by atoms with Crippen molar-refractivity contribution in [3.05, 3.63) is 29.6 Å². The Hall–Kier alpha value is -1.47. The summed E-state index contributed by atoms with van der Waals surface area (Å²) in [4.78, 5) is 11.4. The molecule has 0 aliphatic heterocycles. The van der Waals surface area contributed by atoms with Gasteiger partial charge in [-0.2, -0.15) is 0 Å². The molecule has 0 aliphatic carbocycles. The zero-order valence-corrected chi connectivity index (χ0v) is 11.5. The molecule has 0 heterocycles. The van der Waals surface area contributed by atoms with Gasteiger partial charge in [-0.1, -0.05) is 13.3 Å². The molecule has 1 unspecified atom stereocenters. The lowest BCUT2D eigenvalue weighted by Gasteiger charge is -2.12. The molecule has 0 bridgehead atoms. The molecule has 0 amide bonds. The number of ether oxygens (including phenoxy) is 1. The number of sulfonamides is 1. The topological polar surface area (TPSA) is 86.5 Å². The summed E-state index contributed by atoms with van der Waals surface area (Å²) in [7, 11) is -3.99. The number of primary sulfonamides is 1. The van der Waals surface area contributed by atoms with Gasteiger partial charge < -0.3 is 4.74 Å². The standard InChI is InChI=1S/C12H16FNO4S/c1-3-4-8(2)18-12(15)10-7-9(19(14,16)17)5-6-11(10)13/h5-8H,3-4H2,1-2H3,(H2,14,16,17). The quantitative estimate of drug-likeness (QED) is 0.838. The Bertz CT molecular complexity index is 571. The number of hydrogen-bond acceptors (Lipinski definition) is 4. The minimum atomic E-state index is -3.99. The summed E-state index contributed by atoms with van der Waals surface area (Å²) in [5.74, 6) is -1.75. The molecule has 106 valence electrons. The predicted octanol–water partition coefficient (Wildman–Crippen LogP) is 1.82. The maximum atomic E-state index is 13.5. The first-order valence-electron chi connectivity index (χ1n) is 5.79. The van der Waals surface area contributed by atoms with Gasteiger partial charge in [-0.05, 0) is 31.5 Å². The van der Waals surface area contributed by atoms with Crippen molar-refractivity contribution < 1.29 is 22.3 Å². The lowest BCUT2D eigenvalue weighted by Crippen LogP contribution is -2.18. The fourth-order valence-corrected chi connectivity index (χ4v) is 2.09. The third-order valence-corrected chi connectivity index (χ3v) is 3.40. The molecule has 1 aromatic rings. The second-order valence-electron chi connectivity index (χ2n) is 4.19. The van der Waals surface area contributed by atoms with E-state index in [1.54, 1.807) is 6.92 Å². The van der Waals surface area contributed by atoms with Crippen molar-refractivity contribution in [3.8, 4) is 0 Å². The van der Waals surface area contributed by atoms with E-state index in [-0.39, 0.29) is 11.0 Å². The lowest BCUT2D eigenvalue weighted by molar-refractivity contribution is 0.0318. The van der Waals surface area contributed by atoms with Crippen molar-refractivity contribution in [1.29, 1.82) is 0 Å². The average molecular weight is 289 g/mol. The molecular formula is C12H16FNO4S. The minimum absolute atomic E-state index is 0.330. The summed E-state index contributed by atoms with van der Waals surface area (Å²) in [6.07, 6.45) is 1.09. The monoisotopic (exact) mass is 289 g/mol. The molecule has 0 saturated carbocycles. The number of rotatable bonds is 5. The van der Waals surface area contributed by atoms with Crippen molar-refractivity contribution in [1.82, 2.24) is 0 Å². The Morgan fingerprint density at radius 3 is 2.63 bits per heavy atom. The van der Waals surface area contributed by atoms with E-state index in [2.05, 4.69) is 0 Å². The highest BCUT2D eigenvalue weighted by molar-refractivity contribution is 7.89. The average Bonchev–Trinajstić information content (AvgIpc) is 2.27. The molecule has 5 nitrogen and oxygen atoms in total. The largest absolute Gasteiger partial charge is 0.459 e. The normalized spacial score (nSPS) is 13.1. The summed E-state index contributed by atoms with van der Waals surface area (Å²) >= 11 is 0. The molecule has 0 fully saturated rings. The second-order valence-corrected chi connectivity index (χ2v) is 5.75. The third kappa shape index (κ3) is 4.29. The number of hydrogen-bond donors (Lipinski definition) is 1. The summed E-state index contributed by atoms with van der Waals surface area (Å²) in [5.41, 5.74) is -0.436. The summed E-state index contributed by atoms with van der Waals surface area (Å²) in [5, 5.41) is 4.92. The maximum absolute atomic E-state index is 13.5. The Morgan fingerprint density at radius 1 is 1.47 bits per heavy atom. The molecule has 0 saturated heterocycles. The lowest BCUT2D eigenvalue weighted by atomic mass is 10.2. The van der Waals surface area contributed by atoms with Gasteiger partial charge >= 0.3 is 5.97 Å². The Labute approximate surface area is 111 Å². The number of halogens is 1. The van der Waals surface area contributed by atoms with Gasteiger partial charge in [0.25, 0.3) is 0 Å². The van der Waals surface area contributed by atoms with E-state index in [1.807, 2.05) is 6.92 Å². The van der Waals surface area contributed by atoms with Crippen LogP contribution in [0.4, 0.5) is 4.39 Å². The van der Waals surface area contributed by atoms with Gasteiger partial charge in [0, 0.05) is 0 Å². The summed E-state index contributed by atoms with van der Waals surface area (Å²) in [6, 6.07) is 2.75. The van der Waals surface area contributed by atoms with Gasteiger partial charge in [0.15, 0.2) is 0 Å². The maximum Gasteiger partial charge on any atom is 0.341 e. The summed E-state index contributed by atoms with van der Waals surface area (Å²) < 4.78 is 40.8. The van der Waals surface area contributed by atoms with Crippen LogP contribution in [0.3, 0.4) is 0 Å². The SMILES string of the molecule is CCCC(C)OC(=O)c1cc(S(N)(=O)=O)ccc1F. The number of nitrogens with two attached hydrogens (primary N) is 1. The van der Waals surface area contributed by atoms with E-state index in [4.69, 9.17) is 9.88 Å². The van der Waals surface area contributed by atoms with Crippen LogP contribution in [-0.2, 0) is 14.8 Å². The van der Waals surface area contributed by atoms with Crippen molar-refractivity contribution in [2.45, 2.75) is 37.7 Å². The van der Waals surface area contributed by atoms with Crippen LogP contribution in [0.15, 0.2) is 23.1 Å². The van der Waals surface area contributed by atoms with Crippen molar-refractivity contribution in [3.63, 3.8) is 0 Å². The molecule has 19 heavy (non-hydrogen) atoms. The van der Waals surface area contributed by atoms with Gasteiger partial charge in [-0.25, -0.2) is 22.7 Å². The van der Waals surface area contributed by atoms with Gasteiger partial charge in [-0.3, -0.25) is 0 Å². The van der Waals surface area contributed by atoms with Crippen LogP contribution in [0.25, 0.3) is 0 Å². The van der Waals surface area contributed by atoms with E-state index >= 15 is 0 Å². The van der Waals surface area contributed by atoms with E-state index in [0.29, 0.717) is 6.42 Å². The van der Waals surface area contributed by atoms with E-state index in [1.165, 1.54) is 0 Å². The van der Waals surface area contributed by atoms with Crippen molar-refractivity contribution in [2.24, 2.45) is 5.14 Å². The highest BCUT2D eigenvalue weighted by Gasteiger charge is 2.19. The van der Waals surface area contributed by atoms with Gasteiger partial charge in [-0.15, -0.1) is 0 Å². The van der Waals surface area contributed by atoms with Crippen LogP contribution in [0.5, 0.6) is 0 Å². The van der Waals surface area contributed by atoms with Crippen molar-refractivity contribution >= 4 is 16.0 Å². The molecule has 7 heteroatoms. The zero-order valence-electron chi connectivity index (χ0n) is 10.7. The zero-order chi connectivity index (χ0) is 14.6. The van der Waals surface area contributed by atoms with E-state index in [0.717, 1.165) is 24.6 Å². The number of benzene rings is 1. The van der Waals surface area contributed by atoms with Crippen LogP contribution < -0.4 is 5.14 Å². The van der Waals surface area contributed by atoms with Crippen LogP contribution >= 0.6 is 0 Å². The molecule has 1 rings (SSSR count). The summed E-state index contributed by atoms with van der Waals surface area (Å²) in [6.45, 7) is 3.61. The van der Waals surface area contributed by atoms with Gasteiger partial charge in [0.2, 0.25) is 10.0 Å². The Morgan fingerprint density at radius 2 is 2.11 bits per heavy atom. The fraction of sp³-hybridized carbons (Fsp3) is 0.417. The molecular weight excluding hydrogens is 273 g/mol. The highest BCUT2D eigenvalue weighted by Crippen LogP contribution is 2.16.